The molecule has 8 heteroatoms. The number of thiophene rings is 1. The molecule has 1 aliphatic rings. The van der Waals surface area contributed by atoms with Crippen molar-refractivity contribution in [1.82, 2.24) is 15.1 Å². The Balaban J connectivity index is 1.45. The minimum Gasteiger partial charge on any atom is -0.367 e. The molecule has 4 rings (SSSR count). The summed E-state index contributed by atoms with van der Waals surface area (Å²) in [5.41, 5.74) is 4.58. The predicted molar refractivity (Wildman–Crippen MR) is 153 cm³/mol. The minimum absolute atomic E-state index is 0.140. The van der Waals surface area contributed by atoms with Crippen molar-refractivity contribution in [3.8, 4) is 0 Å². The molecule has 1 aliphatic heterocycles. The van der Waals surface area contributed by atoms with Gasteiger partial charge in [0.15, 0.2) is 0 Å². The molecule has 37 heavy (non-hydrogen) atoms. The zero-order valence-electron chi connectivity index (χ0n) is 22.0. The highest BCUT2D eigenvalue weighted by atomic mass is 32.1. The molecule has 1 saturated heterocycles. The highest BCUT2D eigenvalue weighted by Gasteiger charge is 2.21. The SMILES string of the molecule is Cc1ccc(CCNC(=O)c2ccc(N3CCN(CCN(C)C)CC3)c(NC(=O)c3cccs3)c2)cc1. The van der Waals surface area contributed by atoms with Gasteiger partial charge in [0, 0.05) is 51.4 Å². The first-order valence-electron chi connectivity index (χ1n) is 12.8. The third-order valence-electron chi connectivity index (χ3n) is 6.65. The molecule has 0 radical (unpaired) electrons. The van der Waals surface area contributed by atoms with Crippen LogP contribution in [-0.2, 0) is 6.42 Å². The van der Waals surface area contributed by atoms with E-state index >= 15 is 0 Å². The Morgan fingerprint density at radius 3 is 2.41 bits per heavy atom. The van der Waals surface area contributed by atoms with Gasteiger partial charge in [-0.3, -0.25) is 14.5 Å². The second-order valence-electron chi connectivity index (χ2n) is 9.79. The van der Waals surface area contributed by atoms with E-state index in [1.54, 1.807) is 6.07 Å². The number of hydrogen-bond acceptors (Lipinski definition) is 6. The number of piperazine rings is 1. The van der Waals surface area contributed by atoms with E-state index in [0.717, 1.165) is 51.4 Å². The van der Waals surface area contributed by atoms with Crippen LogP contribution in [0.15, 0.2) is 60.0 Å². The lowest BCUT2D eigenvalue weighted by Gasteiger charge is -2.37. The lowest BCUT2D eigenvalue weighted by Crippen LogP contribution is -2.48. The predicted octanol–water partition coefficient (Wildman–Crippen LogP) is 3.96. The van der Waals surface area contributed by atoms with Gasteiger partial charge in [0.2, 0.25) is 0 Å². The van der Waals surface area contributed by atoms with E-state index < -0.39 is 0 Å². The molecule has 0 spiro atoms. The number of anilines is 2. The number of rotatable bonds is 10. The molecule has 1 fully saturated rings. The van der Waals surface area contributed by atoms with Crippen LogP contribution in [0.5, 0.6) is 0 Å². The van der Waals surface area contributed by atoms with E-state index in [1.165, 1.54) is 22.5 Å². The number of nitrogens with one attached hydrogen (secondary N) is 2. The van der Waals surface area contributed by atoms with E-state index in [2.05, 4.69) is 70.6 Å². The van der Waals surface area contributed by atoms with Gasteiger partial charge in [-0.05, 0) is 62.6 Å². The van der Waals surface area contributed by atoms with Crippen molar-refractivity contribution in [2.75, 3.05) is 70.1 Å². The lowest BCUT2D eigenvalue weighted by atomic mass is 10.1. The highest BCUT2D eigenvalue weighted by molar-refractivity contribution is 7.12. The van der Waals surface area contributed by atoms with E-state index in [0.29, 0.717) is 22.7 Å². The maximum Gasteiger partial charge on any atom is 0.265 e. The Hall–Kier alpha value is -3.20. The molecule has 0 aliphatic carbocycles. The summed E-state index contributed by atoms with van der Waals surface area (Å²) < 4.78 is 0. The Kier molecular flexibility index (Phi) is 9.33. The number of carbonyl (C=O) groups excluding carboxylic acids is 2. The molecular weight excluding hydrogens is 482 g/mol. The van der Waals surface area contributed by atoms with Crippen LogP contribution in [0.25, 0.3) is 0 Å². The number of aryl methyl sites for hydroxylation is 1. The molecule has 0 saturated carbocycles. The highest BCUT2D eigenvalue weighted by Crippen LogP contribution is 2.29. The number of nitrogens with zero attached hydrogens (tertiary/aromatic N) is 3. The molecule has 0 bridgehead atoms. The van der Waals surface area contributed by atoms with Crippen LogP contribution < -0.4 is 15.5 Å². The van der Waals surface area contributed by atoms with Crippen molar-refractivity contribution in [2.45, 2.75) is 13.3 Å². The molecule has 2 amide bonds. The van der Waals surface area contributed by atoms with Crippen LogP contribution >= 0.6 is 11.3 Å². The summed E-state index contributed by atoms with van der Waals surface area (Å²) in [6.45, 7) is 8.38. The maximum absolute atomic E-state index is 13.0. The number of amides is 2. The second kappa shape index (κ2) is 12.9. The number of hydrogen-bond donors (Lipinski definition) is 2. The summed E-state index contributed by atoms with van der Waals surface area (Å²) in [5, 5.41) is 7.99. The standard InChI is InChI=1S/C29H37N5O2S/c1-22-6-8-23(9-7-22)12-13-30-28(35)24-10-11-26(25(21-24)31-29(36)27-5-4-20-37-27)34-18-16-33(17-19-34)15-14-32(2)3/h4-11,20-21H,12-19H2,1-3H3,(H,30,35)(H,31,36). The fraction of sp³-hybridized carbons (Fsp3) is 0.379. The van der Waals surface area contributed by atoms with Crippen molar-refractivity contribution in [1.29, 1.82) is 0 Å². The first-order chi connectivity index (χ1) is 17.9. The van der Waals surface area contributed by atoms with Gasteiger partial charge in [-0.1, -0.05) is 35.9 Å². The van der Waals surface area contributed by atoms with Crippen molar-refractivity contribution >= 4 is 34.5 Å². The van der Waals surface area contributed by atoms with Gasteiger partial charge in [-0.15, -0.1) is 11.3 Å². The minimum atomic E-state index is -0.155. The van der Waals surface area contributed by atoms with Crippen LogP contribution in [-0.4, -0.2) is 81.5 Å². The number of likely N-dealkylation sites (N-methyl/N-ethyl adjacent to an activating group) is 1. The smallest absolute Gasteiger partial charge is 0.265 e. The lowest BCUT2D eigenvalue weighted by molar-refractivity contribution is 0.0952. The molecule has 1 aromatic heterocycles. The average Bonchev–Trinajstić information content (AvgIpc) is 3.44. The molecule has 7 nitrogen and oxygen atoms in total. The Labute approximate surface area is 224 Å². The maximum atomic E-state index is 13.0. The third kappa shape index (κ3) is 7.64. The monoisotopic (exact) mass is 519 g/mol. The van der Waals surface area contributed by atoms with E-state index in [9.17, 15) is 9.59 Å². The number of benzene rings is 2. The molecule has 2 heterocycles. The van der Waals surface area contributed by atoms with Gasteiger partial charge in [0.25, 0.3) is 11.8 Å². The van der Waals surface area contributed by atoms with Gasteiger partial charge in [-0.25, -0.2) is 0 Å². The summed E-state index contributed by atoms with van der Waals surface area (Å²) in [5.74, 6) is -0.295. The average molecular weight is 520 g/mol. The first kappa shape index (κ1) is 26.9. The van der Waals surface area contributed by atoms with Crippen LogP contribution in [0.3, 0.4) is 0 Å². The van der Waals surface area contributed by atoms with Crippen molar-refractivity contribution < 1.29 is 9.59 Å². The van der Waals surface area contributed by atoms with Crippen LogP contribution in [0.1, 0.15) is 31.2 Å². The van der Waals surface area contributed by atoms with Gasteiger partial charge in [0.05, 0.1) is 16.3 Å². The van der Waals surface area contributed by atoms with Gasteiger partial charge < -0.3 is 20.4 Å². The summed E-state index contributed by atoms with van der Waals surface area (Å²) in [7, 11) is 4.19. The van der Waals surface area contributed by atoms with Crippen LogP contribution in [0.4, 0.5) is 11.4 Å². The topological polar surface area (TPSA) is 67.9 Å². The molecule has 3 aromatic rings. The van der Waals surface area contributed by atoms with Gasteiger partial charge in [0.1, 0.15) is 0 Å². The Bertz CT molecular complexity index is 1170. The molecular formula is C29H37N5O2S. The Morgan fingerprint density at radius 1 is 0.973 bits per heavy atom. The van der Waals surface area contributed by atoms with E-state index in [1.807, 2.05) is 29.6 Å². The summed E-state index contributed by atoms with van der Waals surface area (Å²) >= 11 is 1.40. The zero-order valence-corrected chi connectivity index (χ0v) is 22.8. The largest absolute Gasteiger partial charge is 0.367 e. The normalized spacial score (nSPS) is 14.1. The van der Waals surface area contributed by atoms with Crippen molar-refractivity contribution in [3.05, 3.63) is 81.5 Å². The fourth-order valence-electron chi connectivity index (χ4n) is 4.38. The van der Waals surface area contributed by atoms with E-state index in [-0.39, 0.29) is 11.8 Å². The quantitative estimate of drug-likeness (QED) is 0.424. The molecule has 196 valence electrons. The van der Waals surface area contributed by atoms with Crippen molar-refractivity contribution in [2.24, 2.45) is 0 Å². The third-order valence-corrected chi connectivity index (χ3v) is 7.52. The molecule has 0 atom stereocenters. The molecule has 0 unspecified atom stereocenters. The summed E-state index contributed by atoms with van der Waals surface area (Å²) in [6.07, 6.45) is 0.768. The molecule has 2 aromatic carbocycles. The second-order valence-corrected chi connectivity index (χ2v) is 10.7. The van der Waals surface area contributed by atoms with Gasteiger partial charge in [-0.2, -0.15) is 0 Å². The fourth-order valence-corrected chi connectivity index (χ4v) is 4.99. The zero-order chi connectivity index (χ0) is 26.2. The van der Waals surface area contributed by atoms with Crippen LogP contribution in [0, 0.1) is 6.92 Å². The summed E-state index contributed by atoms with van der Waals surface area (Å²) in [6, 6.07) is 17.7. The van der Waals surface area contributed by atoms with Crippen LogP contribution in [0.2, 0.25) is 0 Å². The van der Waals surface area contributed by atoms with E-state index in [4.69, 9.17) is 0 Å². The van der Waals surface area contributed by atoms with Crippen molar-refractivity contribution in [3.63, 3.8) is 0 Å². The van der Waals surface area contributed by atoms with Gasteiger partial charge >= 0.3 is 0 Å². The molecule has 2 N–H and O–H groups in total. The number of carbonyl (C=O) groups is 2. The Morgan fingerprint density at radius 2 is 1.73 bits per heavy atom. The summed E-state index contributed by atoms with van der Waals surface area (Å²) in [4.78, 5) is 33.5. The first-order valence-corrected chi connectivity index (χ1v) is 13.7.